The molecule has 0 saturated heterocycles. The molecule has 0 aromatic heterocycles. The Bertz CT molecular complexity index is 2630. The van der Waals surface area contributed by atoms with Gasteiger partial charge >= 0.3 is 0 Å². The maximum Gasteiger partial charge on any atom is 0.0540 e. The second-order valence-electron chi connectivity index (χ2n) is 15.6. The highest BCUT2D eigenvalue weighted by molar-refractivity contribution is 6.03. The van der Waals surface area contributed by atoms with Gasteiger partial charge in [0.15, 0.2) is 0 Å². The fraction of sp³-hybridized carbons (Fsp3) is 0.148. The SMILES string of the molecule is CC1(c2ccccc2)c2ccccc2-c2c(-c3ccc(N(c4ccccc4)c4ccccc4-c4cccc5cccc(C6CCCCC6)c45)cc3)cccc21. The van der Waals surface area contributed by atoms with Crippen molar-refractivity contribution in [3.63, 3.8) is 0 Å². The maximum absolute atomic E-state index is 2.44. The van der Waals surface area contributed by atoms with Crippen LogP contribution in [0.2, 0.25) is 0 Å². The molecule has 266 valence electrons. The number of hydrogen-bond donors (Lipinski definition) is 0. The number of rotatable bonds is 7. The van der Waals surface area contributed by atoms with Crippen molar-refractivity contribution < 1.29 is 0 Å². The van der Waals surface area contributed by atoms with Gasteiger partial charge in [0, 0.05) is 22.4 Å². The Morgan fingerprint density at radius 3 is 1.82 bits per heavy atom. The van der Waals surface area contributed by atoms with Crippen LogP contribution in [0.1, 0.15) is 67.2 Å². The van der Waals surface area contributed by atoms with E-state index < -0.39 is 0 Å². The van der Waals surface area contributed by atoms with Crippen molar-refractivity contribution in [3.05, 3.63) is 210 Å². The highest BCUT2D eigenvalue weighted by Gasteiger charge is 2.41. The van der Waals surface area contributed by atoms with Crippen molar-refractivity contribution in [3.8, 4) is 33.4 Å². The fourth-order valence-corrected chi connectivity index (χ4v) is 9.90. The smallest absolute Gasteiger partial charge is 0.0540 e. The molecule has 1 nitrogen and oxygen atoms in total. The first-order valence-electron chi connectivity index (χ1n) is 20.1. The third-order valence-electron chi connectivity index (χ3n) is 12.6. The van der Waals surface area contributed by atoms with Gasteiger partial charge in [0.2, 0.25) is 0 Å². The van der Waals surface area contributed by atoms with Gasteiger partial charge in [-0.3, -0.25) is 0 Å². The van der Waals surface area contributed by atoms with E-state index in [1.165, 1.54) is 104 Å². The van der Waals surface area contributed by atoms with Crippen molar-refractivity contribution in [1.29, 1.82) is 0 Å². The second kappa shape index (κ2) is 13.9. The molecule has 8 aromatic carbocycles. The monoisotopic (exact) mass is 707 g/mol. The summed E-state index contributed by atoms with van der Waals surface area (Å²) in [5.74, 6) is 0.612. The van der Waals surface area contributed by atoms with Crippen LogP contribution in [0.15, 0.2) is 188 Å². The van der Waals surface area contributed by atoms with Crippen molar-refractivity contribution in [2.24, 2.45) is 0 Å². The van der Waals surface area contributed by atoms with Crippen LogP contribution in [0, 0.1) is 0 Å². The van der Waals surface area contributed by atoms with Gasteiger partial charge in [-0.15, -0.1) is 0 Å². The molecule has 0 aliphatic heterocycles. The van der Waals surface area contributed by atoms with E-state index >= 15 is 0 Å². The Morgan fingerprint density at radius 1 is 0.455 bits per heavy atom. The molecule has 0 radical (unpaired) electrons. The second-order valence-corrected chi connectivity index (χ2v) is 15.6. The third-order valence-corrected chi connectivity index (χ3v) is 12.6. The van der Waals surface area contributed by atoms with Crippen molar-refractivity contribution in [2.45, 2.75) is 50.4 Å². The van der Waals surface area contributed by atoms with Crippen LogP contribution in [-0.2, 0) is 5.41 Å². The molecular formula is C54H45N. The molecule has 2 aliphatic carbocycles. The lowest BCUT2D eigenvalue weighted by molar-refractivity contribution is 0.445. The number of para-hydroxylation sites is 2. The summed E-state index contributed by atoms with van der Waals surface area (Å²) in [6, 6.07) is 69.8. The minimum atomic E-state index is -0.227. The van der Waals surface area contributed by atoms with E-state index in [4.69, 9.17) is 0 Å². The molecule has 55 heavy (non-hydrogen) atoms. The summed E-state index contributed by atoms with van der Waals surface area (Å²) in [4.78, 5) is 2.44. The average Bonchev–Trinajstić information content (AvgIpc) is 3.53. The zero-order valence-corrected chi connectivity index (χ0v) is 31.5. The molecule has 1 atom stereocenters. The van der Waals surface area contributed by atoms with Crippen LogP contribution in [0.5, 0.6) is 0 Å². The third kappa shape index (κ3) is 5.61. The Hall–Kier alpha value is -6.18. The van der Waals surface area contributed by atoms with E-state index in [1.54, 1.807) is 0 Å². The molecule has 10 rings (SSSR count). The average molecular weight is 708 g/mol. The van der Waals surface area contributed by atoms with Crippen LogP contribution >= 0.6 is 0 Å². The van der Waals surface area contributed by atoms with Crippen LogP contribution in [0.3, 0.4) is 0 Å². The van der Waals surface area contributed by atoms with E-state index in [-0.39, 0.29) is 5.41 Å². The van der Waals surface area contributed by atoms with Gasteiger partial charge in [-0.05, 0) is 117 Å². The molecule has 1 heteroatoms. The number of nitrogens with zero attached hydrogens (tertiary/aromatic N) is 1. The van der Waals surface area contributed by atoms with Crippen molar-refractivity contribution in [2.75, 3.05) is 4.90 Å². The van der Waals surface area contributed by atoms with Gasteiger partial charge in [0.1, 0.15) is 0 Å². The van der Waals surface area contributed by atoms with Gasteiger partial charge in [0.05, 0.1) is 5.69 Å². The van der Waals surface area contributed by atoms with Gasteiger partial charge in [-0.1, -0.05) is 177 Å². The topological polar surface area (TPSA) is 3.24 Å². The van der Waals surface area contributed by atoms with E-state index in [0.717, 1.165) is 11.4 Å². The summed E-state index contributed by atoms with van der Waals surface area (Å²) >= 11 is 0. The van der Waals surface area contributed by atoms with Crippen LogP contribution in [0.4, 0.5) is 17.1 Å². The van der Waals surface area contributed by atoms with Gasteiger partial charge in [-0.25, -0.2) is 0 Å². The summed E-state index contributed by atoms with van der Waals surface area (Å²) in [5.41, 5.74) is 16.5. The van der Waals surface area contributed by atoms with Gasteiger partial charge in [0.25, 0.3) is 0 Å². The predicted octanol–water partition coefficient (Wildman–Crippen LogP) is 15.0. The quantitative estimate of drug-likeness (QED) is 0.159. The molecule has 8 aromatic rings. The molecular weight excluding hydrogens is 663 g/mol. The minimum Gasteiger partial charge on any atom is -0.310 e. The summed E-state index contributed by atoms with van der Waals surface area (Å²) in [7, 11) is 0. The lowest BCUT2D eigenvalue weighted by Gasteiger charge is -2.29. The zero-order valence-electron chi connectivity index (χ0n) is 31.5. The van der Waals surface area contributed by atoms with Gasteiger partial charge < -0.3 is 4.90 Å². The molecule has 0 heterocycles. The predicted molar refractivity (Wildman–Crippen MR) is 233 cm³/mol. The van der Waals surface area contributed by atoms with Crippen LogP contribution in [0.25, 0.3) is 44.2 Å². The molecule has 1 unspecified atom stereocenters. The maximum atomic E-state index is 2.44. The highest BCUT2D eigenvalue weighted by Crippen LogP contribution is 2.55. The fourth-order valence-electron chi connectivity index (χ4n) is 9.90. The number of benzene rings is 8. The Kier molecular flexibility index (Phi) is 8.44. The van der Waals surface area contributed by atoms with Crippen LogP contribution in [-0.4, -0.2) is 0 Å². The number of fused-ring (bicyclic) bond motifs is 4. The molecule has 1 saturated carbocycles. The summed E-state index contributed by atoms with van der Waals surface area (Å²) in [6.07, 6.45) is 6.55. The van der Waals surface area contributed by atoms with E-state index in [2.05, 4.69) is 200 Å². The largest absolute Gasteiger partial charge is 0.310 e. The van der Waals surface area contributed by atoms with E-state index in [9.17, 15) is 0 Å². The van der Waals surface area contributed by atoms with Crippen LogP contribution < -0.4 is 4.90 Å². The lowest BCUT2D eigenvalue weighted by atomic mass is 9.74. The highest BCUT2D eigenvalue weighted by atomic mass is 15.1. The molecule has 0 spiro atoms. The van der Waals surface area contributed by atoms with Crippen molar-refractivity contribution >= 4 is 27.8 Å². The number of hydrogen-bond acceptors (Lipinski definition) is 1. The van der Waals surface area contributed by atoms with E-state index in [1.807, 2.05) is 0 Å². The van der Waals surface area contributed by atoms with E-state index in [0.29, 0.717) is 5.92 Å². The minimum absolute atomic E-state index is 0.227. The Balaban J connectivity index is 1.11. The van der Waals surface area contributed by atoms with Crippen molar-refractivity contribution in [1.82, 2.24) is 0 Å². The first-order valence-corrected chi connectivity index (χ1v) is 20.1. The molecule has 0 bridgehead atoms. The normalized spacial score (nSPS) is 16.5. The molecule has 1 fully saturated rings. The zero-order chi connectivity index (χ0) is 36.8. The Morgan fingerprint density at radius 2 is 1.04 bits per heavy atom. The molecule has 0 amide bonds. The lowest BCUT2D eigenvalue weighted by Crippen LogP contribution is -2.22. The summed E-state index contributed by atoms with van der Waals surface area (Å²) < 4.78 is 0. The Labute approximate surface area is 325 Å². The molecule has 2 aliphatic rings. The van der Waals surface area contributed by atoms with Gasteiger partial charge in [-0.2, -0.15) is 0 Å². The summed E-state index contributed by atoms with van der Waals surface area (Å²) in [6.45, 7) is 2.39. The summed E-state index contributed by atoms with van der Waals surface area (Å²) in [5, 5.41) is 2.74. The number of anilines is 3. The first kappa shape index (κ1) is 33.4. The molecule has 0 N–H and O–H groups in total. The first-order chi connectivity index (χ1) is 27.2. The standard InChI is InChI=1S/C54H45N/c1-54(41-22-7-3-8-23-41)49-31-13-11-27-48(49)53-45(29-17-32-50(53)54)39-34-36-43(37-35-39)55(42-24-9-4-10-25-42)51-33-14-12-26-46(51)47-30-16-21-40-20-15-28-44(52(40)47)38-18-5-2-6-19-38/h3-4,7-17,20-38H,2,5-6,18-19H2,1H3.